The molecule has 0 saturated heterocycles. The fourth-order valence-electron chi connectivity index (χ4n) is 6.01. The highest BCUT2D eigenvalue weighted by atomic mass is 14.1. The lowest BCUT2D eigenvalue weighted by molar-refractivity contribution is 0.537. The van der Waals surface area contributed by atoms with E-state index in [4.69, 9.17) is 0 Å². The molecule has 0 amide bonds. The Kier molecular flexibility index (Phi) is 24.8. The summed E-state index contributed by atoms with van der Waals surface area (Å²) in [7, 11) is 0. The molecule has 0 aromatic heterocycles. The Morgan fingerprint density at radius 2 is 0.703 bits per heavy atom. The van der Waals surface area contributed by atoms with Gasteiger partial charge in [0.25, 0.3) is 0 Å². The maximum absolute atomic E-state index is 2.42. The minimum atomic E-state index is 1.30. The van der Waals surface area contributed by atoms with Crippen LogP contribution in [0.1, 0.15) is 197 Å². The molecule has 0 spiro atoms. The fourth-order valence-corrected chi connectivity index (χ4v) is 6.01. The van der Waals surface area contributed by atoms with Gasteiger partial charge in [-0.05, 0) is 49.3 Å². The maximum atomic E-state index is 2.42. The molecule has 216 valence electrons. The summed E-state index contributed by atoms with van der Waals surface area (Å²) in [6.45, 7) is 6.95. The SMILES string of the molecule is CCCCCCCCCCCCCCCc1cccc(C)c1CCCCCCCCCCCCCCC. The lowest BCUT2D eigenvalue weighted by Crippen LogP contribution is -1.98. The van der Waals surface area contributed by atoms with E-state index in [2.05, 4.69) is 39.0 Å². The van der Waals surface area contributed by atoms with Gasteiger partial charge in [0.2, 0.25) is 0 Å². The molecule has 0 N–H and O–H groups in total. The summed E-state index contributed by atoms with van der Waals surface area (Å²) >= 11 is 0. The molecule has 0 nitrogen and oxygen atoms in total. The molecule has 1 aromatic carbocycles. The van der Waals surface area contributed by atoms with Crippen molar-refractivity contribution in [2.75, 3.05) is 0 Å². The second kappa shape index (κ2) is 26.8. The van der Waals surface area contributed by atoms with Crippen molar-refractivity contribution in [1.29, 1.82) is 0 Å². The predicted octanol–water partition coefficient (Wildman–Crippen LogP) is 13.3. The second-order valence-corrected chi connectivity index (χ2v) is 12.2. The molecule has 0 aliphatic carbocycles. The molecule has 0 atom stereocenters. The van der Waals surface area contributed by atoms with Crippen LogP contribution in [0.25, 0.3) is 0 Å². The zero-order valence-corrected chi connectivity index (χ0v) is 26.0. The van der Waals surface area contributed by atoms with E-state index < -0.39 is 0 Å². The van der Waals surface area contributed by atoms with E-state index in [1.54, 1.807) is 11.1 Å². The molecular formula is C37H68. The van der Waals surface area contributed by atoms with E-state index in [1.807, 2.05) is 0 Å². The first-order valence-corrected chi connectivity index (χ1v) is 17.4. The van der Waals surface area contributed by atoms with Crippen molar-refractivity contribution in [3.05, 3.63) is 34.9 Å². The molecule has 0 heteroatoms. The van der Waals surface area contributed by atoms with E-state index in [9.17, 15) is 0 Å². The average Bonchev–Trinajstić information content (AvgIpc) is 2.90. The van der Waals surface area contributed by atoms with Crippen LogP contribution in [-0.4, -0.2) is 0 Å². The topological polar surface area (TPSA) is 0 Å². The summed E-state index contributed by atoms with van der Waals surface area (Å²) in [5.41, 5.74) is 4.87. The number of rotatable bonds is 28. The monoisotopic (exact) mass is 513 g/mol. The molecule has 0 aliphatic heterocycles. The normalized spacial score (nSPS) is 11.4. The van der Waals surface area contributed by atoms with E-state index in [0.29, 0.717) is 0 Å². The zero-order valence-electron chi connectivity index (χ0n) is 26.0. The van der Waals surface area contributed by atoms with Gasteiger partial charge in [0, 0.05) is 0 Å². The van der Waals surface area contributed by atoms with E-state index in [-0.39, 0.29) is 0 Å². The molecule has 0 heterocycles. The molecule has 0 bridgehead atoms. The number of hydrogen-bond acceptors (Lipinski definition) is 0. The smallest absolute Gasteiger partial charge is 0.0274 e. The van der Waals surface area contributed by atoms with Gasteiger partial charge in [-0.1, -0.05) is 186 Å². The van der Waals surface area contributed by atoms with Crippen LogP contribution in [-0.2, 0) is 12.8 Å². The third-order valence-corrected chi connectivity index (χ3v) is 8.59. The van der Waals surface area contributed by atoms with Gasteiger partial charge in [0.05, 0.1) is 0 Å². The van der Waals surface area contributed by atoms with Gasteiger partial charge >= 0.3 is 0 Å². The van der Waals surface area contributed by atoms with Gasteiger partial charge in [-0.2, -0.15) is 0 Å². The van der Waals surface area contributed by atoms with E-state index >= 15 is 0 Å². The highest BCUT2D eigenvalue weighted by molar-refractivity contribution is 5.34. The van der Waals surface area contributed by atoms with Crippen LogP contribution in [0.4, 0.5) is 0 Å². The van der Waals surface area contributed by atoms with Crippen molar-refractivity contribution < 1.29 is 0 Å². The molecule has 1 rings (SSSR count). The second-order valence-electron chi connectivity index (χ2n) is 12.2. The van der Waals surface area contributed by atoms with Crippen LogP contribution in [0, 0.1) is 6.92 Å². The summed E-state index contributed by atoms with van der Waals surface area (Å²) in [4.78, 5) is 0. The number of hydrogen-bond donors (Lipinski definition) is 0. The minimum Gasteiger partial charge on any atom is -0.0654 e. The first-order valence-electron chi connectivity index (χ1n) is 17.4. The average molecular weight is 513 g/mol. The summed E-state index contributed by atoms with van der Waals surface area (Å²) < 4.78 is 0. The van der Waals surface area contributed by atoms with Crippen LogP contribution in [0.15, 0.2) is 18.2 Å². The van der Waals surface area contributed by atoms with Crippen LogP contribution in [0.2, 0.25) is 0 Å². The van der Waals surface area contributed by atoms with Gasteiger partial charge in [0.15, 0.2) is 0 Å². The summed E-state index contributed by atoms with van der Waals surface area (Å²) in [5, 5.41) is 0. The van der Waals surface area contributed by atoms with Gasteiger partial charge in [-0.25, -0.2) is 0 Å². The summed E-state index contributed by atoms with van der Waals surface area (Å²) in [5.74, 6) is 0. The Bertz CT molecular complexity index is 586. The largest absolute Gasteiger partial charge is 0.0654 e. The van der Waals surface area contributed by atoms with E-state index in [1.165, 1.54) is 185 Å². The quantitative estimate of drug-likeness (QED) is 0.0979. The van der Waals surface area contributed by atoms with Crippen molar-refractivity contribution in [3.8, 4) is 0 Å². The molecule has 37 heavy (non-hydrogen) atoms. The molecule has 0 saturated carbocycles. The molecule has 0 fully saturated rings. The lowest BCUT2D eigenvalue weighted by Gasteiger charge is -2.13. The van der Waals surface area contributed by atoms with Gasteiger partial charge in [-0.3, -0.25) is 0 Å². The highest BCUT2D eigenvalue weighted by Gasteiger charge is 2.06. The Labute approximate surface area is 235 Å². The number of aryl methyl sites for hydroxylation is 2. The van der Waals surface area contributed by atoms with E-state index in [0.717, 1.165) is 0 Å². The van der Waals surface area contributed by atoms with Crippen LogP contribution >= 0.6 is 0 Å². The highest BCUT2D eigenvalue weighted by Crippen LogP contribution is 2.21. The van der Waals surface area contributed by atoms with Crippen LogP contribution in [0.5, 0.6) is 0 Å². The number of unbranched alkanes of at least 4 members (excludes halogenated alkanes) is 24. The molecule has 1 aromatic rings. The third kappa shape index (κ3) is 20.8. The fraction of sp³-hybridized carbons (Fsp3) is 0.838. The van der Waals surface area contributed by atoms with Crippen LogP contribution in [0.3, 0.4) is 0 Å². The molecule has 0 unspecified atom stereocenters. The lowest BCUT2D eigenvalue weighted by atomic mass is 9.93. The summed E-state index contributed by atoms with van der Waals surface area (Å²) in [6.07, 6.45) is 40.1. The van der Waals surface area contributed by atoms with Crippen molar-refractivity contribution in [2.24, 2.45) is 0 Å². The van der Waals surface area contributed by atoms with Crippen molar-refractivity contribution in [3.63, 3.8) is 0 Å². The van der Waals surface area contributed by atoms with Crippen molar-refractivity contribution in [1.82, 2.24) is 0 Å². The first kappa shape index (κ1) is 34.2. The number of benzene rings is 1. The molecule has 0 radical (unpaired) electrons. The van der Waals surface area contributed by atoms with Crippen LogP contribution < -0.4 is 0 Å². The van der Waals surface area contributed by atoms with Gasteiger partial charge in [0.1, 0.15) is 0 Å². The minimum absolute atomic E-state index is 1.30. The predicted molar refractivity (Wildman–Crippen MR) is 170 cm³/mol. The Morgan fingerprint density at radius 3 is 1.08 bits per heavy atom. The maximum Gasteiger partial charge on any atom is -0.0274 e. The summed E-state index contributed by atoms with van der Waals surface area (Å²) in [6, 6.07) is 7.05. The van der Waals surface area contributed by atoms with Crippen molar-refractivity contribution >= 4 is 0 Å². The standard InChI is InChI=1S/C37H68/c1-4-6-8-10-12-14-16-18-20-22-24-26-28-32-36-33-30-31-35(3)37(36)34-29-27-25-23-21-19-17-15-13-11-9-7-5-2/h30-31,33H,4-29,32,34H2,1-3H3. The molecular weight excluding hydrogens is 444 g/mol. The molecule has 0 aliphatic rings. The Hall–Kier alpha value is -0.780. The van der Waals surface area contributed by atoms with Crippen molar-refractivity contribution in [2.45, 2.75) is 201 Å². The van der Waals surface area contributed by atoms with Gasteiger partial charge < -0.3 is 0 Å². The Balaban J connectivity index is 2.02. The third-order valence-electron chi connectivity index (χ3n) is 8.59. The Morgan fingerprint density at radius 1 is 0.378 bits per heavy atom. The first-order chi connectivity index (χ1) is 18.3. The van der Waals surface area contributed by atoms with Gasteiger partial charge in [-0.15, -0.1) is 0 Å². The zero-order chi connectivity index (χ0) is 26.7.